The maximum atomic E-state index is 4.64. The van der Waals surface area contributed by atoms with Crippen LogP contribution in [0.1, 0.15) is 38.1 Å². The first-order valence-electron chi connectivity index (χ1n) is 8.61. The molecule has 1 N–H and O–H groups in total. The monoisotopic (exact) mass is 310 g/mol. The van der Waals surface area contributed by atoms with Crippen LogP contribution in [0, 0.1) is 12.8 Å². The van der Waals surface area contributed by atoms with Crippen LogP contribution in [0.2, 0.25) is 0 Å². The van der Waals surface area contributed by atoms with Crippen LogP contribution in [0.25, 0.3) is 0 Å². The summed E-state index contributed by atoms with van der Waals surface area (Å²) in [6, 6.07) is 10.5. The topological polar surface area (TPSA) is 41.0 Å². The molecule has 0 amide bonds. The predicted octanol–water partition coefficient (Wildman–Crippen LogP) is 4.33. The minimum atomic E-state index is 0.817. The van der Waals surface area contributed by atoms with E-state index in [0.717, 1.165) is 48.6 Å². The zero-order valence-electron chi connectivity index (χ0n) is 14.3. The highest BCUT2D eigenvalue weighted by Crippen LogP contribution is 2.25. The van der Waals surface area contributed by atoms with E-state index in [0.29, 0.717) is 0 Å². The van der Waals surface area contributed by atoms with Crippen LogP contribution < -0.4 is 10.2 Å². The number of aryl methyl sites for hydroxylation is 2. The van der Waals surface area contributed by atoms with Gasteiger partial charge in [-0.3, -0.25) is 0 Å². The van der Waals surface area contributed by atoms with E-state index in [2.05, 4.69) is 64.4 Å². The number of nitrogens with one attached hydrogen (secondary N) is 1. The van der Waals surface area contributed by atoms with Crippen LogP contribution in [0.15, 0.2) is 30.3 Å². The second-order valence-electron chi connectivity index (χ2n) is 6.46. The number of nitrogens with zero attached hydrogens (tertiary/aromatic N) is 3. The molecular formula is C19H26N4. The van der Waals surface area contributed by atoms with E-state index in [1.54, 1.807) is 0 Å². The largest absolute Gasteiger partial charge is 0.356 e. The molecule has 1 aliphatic heterocycles. The average Bonchev–Trinajstić information content (AvgIpc) is 2.55. The van der Waals surface area contributed by atoms with E-state index in [-0.39, 0.29) is 0 Å². The molecule has 4 heteroatoms. The lowest BCUT2D eigenvalue weighted by molar-refractivity contribution is 0.436. The molecule has 1 fully saturated rings. The summed E-state index contributed by atoms with van der Waals surface area (Å²) >= 11 is 0. The molecule has 0 bridgehead atoms. The summed E-state index contributed by atoms with van der Waals surface area (Å²) in [7, 11) is 0. The molecule has 0 aliphatic carbocycles. The fourth-order valence-electron chi connectivity index (χ4n) is 3.10. The van der Waals surface area contributed by atoms with Crippen molar-refractivity contribution in [1.29, 1.82) is 0 Å². The van der Waals surface area contributed by atoms with Gasteiger partial charge in [-0.1, -0.05) is 32.0 Å². The highest BCUT2D eigenvalue weighted by atomic mass is 15.2. The van der Waals surface area contributed by atoms with Gasteiger partial charge in [0.05, 0.1) is 0 Å². The molecule has 1 saturated heterocycles. The van der Waals surface area contributed by atoms with E-state index in [4.69, 9.17) is 0 Å². The SMILES string of the molecule is CCc1ccccc1Nc1cc(N2CCC(C)CC2)nc(C)n1. The van der Waals surface area contributed by atoms with Crippen molar-refractivity contribution in [2.75, 3.05) is 23.3 Å². The van der Waals surface area contributed by atoms with Crippen LogP contribution in [0.5, 0.6) is 0 Å². The quantitative estimate of drug-likeness (QED) is 0.912. The molecule has 2 aromatic rings. The Hall–Kier alpha value is -2.10. The third-order valence-corrected chi connectivity index (χ3v) is 4.59. The Morgan fingerprint density at radius 2 is 1.91 bits per heavy atom. The third-order valence-electron chi connectivity index (χ3n) is 4.59. The molecule has 0 radical (unpaired) electrons. The second kappa shape index (κ2) is 6.99. The minimum absolute atomic E-state index is 0.817. The van der Waals surface area contributed by atoms with Gasteiger partial charge in [0.2, 0.25) is 0 Å². The molecule has 122 valence electrons. The molecule has 23 heavy (non-hydrogen) atoms. The molecule has 1 aromatic carbocycles. The lowest BCUT2D eigenvalue weighted by Gasteiger charge is -2.31. The van der Waals surface area contributed by atoms with E-state index >= 15 is 0 Å². The normalized spacial score (nSPS) is 15.7. The van der Waals surface area contributed by atoms with E-state index < -0.39 is 0 Å². The van der Waals surface area contributed by atoms with Crippen LogP contribution in [-0.2, 0) is 6.42 Å². The predicted molar refractivity (Wildman–Crippen MR) is 96.5 cm³/mol. The van der Waals surface area contributed by atoms with Gasteiger partial charge in [-0.15, -0.1) is 0 Å². The number of anilines is 3. The van der Waals surface area contributed by atoms with Gasteiger partial charge in [0.25, 0.3) is 0 Å². The fraction of sp³-hybridized carbons (Fsp3) is 0.474. The van der Waals surface area contributed by atoms with Crippen molar-refractivity contribution >= 4 is 17.3 Å². The highest BCUT2D eigenvalue weighted by Gasteiger charge is 2.18. The lowest BCUT2D eigenvalue weighted by atomic mass is 9.99. The van der Waals surface area contributed by atoms with Crippen LogP contribution in [-0.4, -0.2) is 23.1 Å². The maximum absolute atomic E-state index is 4.64. The summed E-state index contributed by atoms with van der Waals surface area (Å²) in [5, 5.41) is 3.47. The molecule has 3 rings (SSSR count). The number of rotatable bonds is 4. The zero-order valence-corrected chi connectivity index (χ0v) is 14.3. The molecule has 2 heterocycles. The van der Waals surface area contributed by atoms with Crippen LogP contribution in [0.3, 0.4) is 0 Å². The molecule has 1 aliphatic rings. The first-order valence-corrected chi connectivity index (χ1v) is 8.61. The summed E-state index contributed by atoms with van der Waals surface area (Å²) in [6.07, 6.45) is 3.49. The molecule has 0 unspecified atom stereocenters. The Balaban J connectivity index is 1.83. The van der Waals surface area contributed by atoms with Crippen LogP contribution >= 0.6 is 0 Å². The number of hydrogen-bond donors (Lipinski definition) is 1. The number of aromatic nitrogens is 2. The van der Waals surface area contributed by atoms with Crippen molar-refractivity contribution in [3.8, 4) is 0 Å². The molecule has 0 atom stereocenters. The van der Waals surface area contributed by atoms with Gasteiger partial charge in [-0.25, -0.2) is 9.97 Å². The summed E-state index contributed by atoms with van der Waals surface area (Å²) in [6.45, 7) is 8.64. The zero-order chi connectivity index (χ0) is 16.2. The lowest BCUT2D eigenvalue weighted by Crippen LogP contribution is -2.33. The molecule has 0 spiro atoms. The van der Waals surface area contributed by atoms with Crippen molar-refractivity contribution in [2.24, 2.45) is 5.92 Å². The van der Waals surface area contributed by atoms with Gasteiger partial charge < -0.3 is 10.2 Å². The average molecular weight is 310 g/mol. The van der Waals surface area contributed by atoms with E-state index in [9.17, 15) is 0 Å². The number of para-hydroxylation sites is 1. The standard InChI is InChI=1S/C19H26N4/c1-4-16-7-5-6-8-17(16)22-18-13-19(21-15(3)20-18)23-11-9-14(2)10-12-23/h5-8,13-14H,4,9-12H2,1-3H3,(H,20,21,22). The summed E-state index contributed by atoms with van der Waals surface area (Å²) in [5.41, 5.74) is 2.43. The Morgan fingerprint density at radius 3 is 2.65 bits per heavy atom. The van der Waals surface area contributed by atoms with Crippen molar-refractivity contribution in [3.05, 3.63) is 41.7 Å². The Morgan fingerprint density at radius 1 is 1.17 bits per heavy atom. The number of benzene rings is 1. The van der Waals surface area contributed by atoms with E-state index in [1.807, 2.05) is 6.92 Å². The molecule has 1 aromatic heterocycles. The molecule has 4 nitrogen and oxygen atoms in total. The summed E-state index contributed by atoms with van der Waals surface area (Å²) < 4.78 is 0. The van der Waals surface area contributed by atoms with Gasteiger partial charge in [0, 0.05) is 24.8 Å². The van der Waals surface area contributed by atoms with Gasteiger partial charge in [0.15, 0.2) is 0 Å². The van der Waals surface area contributed by atoms with Crippen molar-refractivity contribution < 1.29 is 0 Å². The van der Waals surface area contributed by atoms with Crippen molar-refractivity contribution in [2.45, 2.75) is 40.0 Å². The van der Waals surface area contributed by atoms with Crippen LogP contribution in [0.4, 0.5) is 17.3 Å². The maximum Gasteiger partial charge on any atom is 0.136 e. The molecule has 0 saturated carbocycles. The van der Waals surface area contributed by atoms with Gasteiger partial charge in [0.1, 0.15) is 17.5 Å². The van der Waals surface area contributed by atoms with Gasteiger partial charge >= 0.3 is 0 Å². The van der Waals surface area contributed by atoms with Crippen molar-refractivity contribution in [3.63, 3.8) is 0 Å². The summed E-state index contributed by atoms with van der Waals surface area (Å²) in [4.78, 5) is 11.6. The second-order valence-corrected chi connectivity index (χ2v) is 6.46. The smallest absolute Gasteiger partial charge is 0.136 e. The highest BCUT2D eigenvalue weighted by molar-refractivity contribution is 5.63. The molecular weight excluding hydrogens is 284 g/mol. The number of piperidine rings is 1. The Kier molecular flexibility index (Phi) is 4.79. The Bertz CT molecular complexity index is 660. The van der Waals surface area contributed by atoms with Crippen molar-refractivity contribution in [1.82, 2.24) is 9.97 Å². The van der Waals surface area contributed by atoms with Gasteiger partial charge in [-0.05, 0) is 43.7 Å². The number of hydrogen-bond acceptors (Lipinski definition) is 4. The first-order chi connectivity index (χ1) is 11.2. The minimum Gasteiger partial charge on any atom is -0.356 e. The first kappa shape index (κ1) is 15.8. The van der Waals surface area contributed by atoms with Gasteiger partial charge in [-0.2, -0.15) is 0 Å². The summed E-state index contributed by atoms with van der Waals surface area (Å²) in [5.74, 6) is 3.56. The van der Waals surface area contributed by atoms with E-state index in [1.165, 1.54) is 18.4 Å². The fourth-order valence-corrected chi connectivity index (χ4v) is 3.10. The third kappa shape index (κ3) is 3.81. The Labute approximate surface area is 139 Å².